The van der Waals surface area contributed by atoms with Crippen molar-refractivity contribution < 1.29 is 17.6 Å². The second kappa shape index (κ2) is 7.61. The zero-order chi connectivity index (χ0) is 16.9. The van der Waals surface area contributed by atoms with Crippen molar-refractivity contribution >= 4 is 33.2 Å². The molecule has 7 heteroatoms. The molecule has 2 rings (SSSR count). The van der Waals surface area contributed by atoms with Gasteiger partial charge >= 0.3 is 0 Å². The molecule has 0 bridgehead atoms. The van der Waals surface area contributed by atoms with Crippen molar-refractivity contribution in [1.82, 2.24) is 0 Å². The van der Waals surface area contributed by atoms with E-state index in [4.69, 9.17) is 0 Å². The average molecular weight is 353 g/mol. The fourth-order valence-corrected chi connectivity index (χ4v) is 3.28. The summed E-state index contributed by atoms with van der Waals surface area (Å²) in [6, 6.07) is 12.1. The minimum atomic E-state index is -3.24. The molecule has 0 radical (unpaired) electrons. The van der Waals surface area contributed by atoms with E-state index in [-0.39, 0.29) is 16.6 Å². The van der Waals surface area contributed by atoms with Crippen LogP contribution in [-0.4, -0.2) is 26.3 Å². The first kappa shape index (κ1) is 17.5. The number of rotatable bonds is 6. The van der Waals surface area contributed by atoms with Crippen molar-refractivity contribution in [3.05, 3.63) is 54.3 Å². The maximum absolute atomic E-state index is 12.8. The molecule has 0 heterocycles. The molecule has 2 aromatic rings. The third-order valence-corrected chi connectivity index (χ3v) is 5.12. The summed E-state index contributed by atoms with van der Waals surface area (Å²) >= 11 is 1.47. The number of sulfone groups is 1. The van der Waals surface area contributed by atoms with E-state index in [1.165, 1.54) is 36.0 Å². The zero-order valence-corrected chi connectivity index (χ0v) is 14.1. The van der Waals surface area contributed by atoms with Crippen molar-refractivity contribution in [3.63, 3.8) is 0 Å². The molecule has 122 valence electrons. The van der Waals surface area contributed by atoms with Crippen LogP contribution in [0.1, 0.15) is 6.42 Å². The lowest BCUT2D eigenvalue weighted by Crippen LogP contribution is -2.12. The van der Waals surface area contributed by atoms with Crippen LogP contribution < -0.4 is 5.32 Å². The summed E-state index contributed by atoms with van der Waals surface area (Å²) in [4.78, 5) is 12.9. The number of carbonyl (C=O) groups excluding carboxylic acids is 1. The highest BCUT2D eigenvalue weighted by molar-refractivity contribution is 7.99. The molecule has 0 aliphatic rings. The van der Waals surface area contributed by atoms with Gasteiger partial charge in [0.2, 0.25) is 5.91 Å². The van der Waals surface area contributed by atoms with Gasteiger partial charge in [0.15, 0.2) is 9.84 Å². The molecule has 2 aromatic carbocycles. The van der Waals surface area contributed by atoms with E-state index in [0.717, 1.165) is 11.2 Å². The maximum atomic E-state index is 12.8. The monoisotopic (exact) mass is 353 g/mol. The Morgan fingerprint density at radius 1 is 1.09 bits per heavy atom. The van der Waals surface area contributed by atoms with Crippen LogP contribution in [0.2, 0.25) is 0 Å². The Morgan fingerprint density at radius 3 is 2.26 bits per heavy atom. The third kappa shape index (κ3) is 5.69. The van der Waals surface area contributed by atoms with E-state index in [1.807, 2.05) is 0 Å². The predicted octanol–water partition coefficient (Wildman–Crippen LogP) is 3.35. The van der Waals surface area contributed by atoms with Gasteiger partial charge in [0.05, 0.1) is 4.90 Å². The first-order valence-corrected chi connectivity index (χ1v) is 9.70. The van der Waals surface area contributed by atoms with E-state index >= 15 is 0 Å². The SMILES string of the molecule is CS(=O)(=O)c1ccc(NC(=O)CCSc2ccc(F)cc2)cc1. The van der Waals surface area contributed by atoms with Crippen LogP contribution >= 0.6 is 11.8 Å². The molecular formula is C16H16FNO3S2. The quantitative estimate of drug-likeness (QED) is 0.809. The van der Waals surface area contributed by atoms with Crippen molar-refractivity contribution in [2.45, 2.75) is 16.2 Å². The van der Waals surface area contributed by atoms with E-state index in [1.54, 1.807) is 24.3 Å². The highest BCUT2D eigenvalue weighted by atomic mass is 32.2. The summed E-state index contributed by atoms with van der Waals surface area (Å²) in [5, 5.41) is 2.71. The van der Waals surface area contributed by atoms with Crippen molar-refractivity contribution in [2.24, 2.45) is 0 Å². The predicted molar refractivity (Wildman–Crippen MR) is 89.9 cm³/mol. The molecule has 23 heavy (non-hydrogen) atoms. The Morgan fingerprint density at radius 2 is 1.70 bits per heavy atom. The number of hydrogen-bond acceptors (Lipinski definition) is 4. The van der Waals surface area contributed by atoms with Crippen LogP contribution in [0.15, 0.2) is 58.3 Å². The molecule has 0 spiro atoms. The van der Waals surface area contributed by atoms with Crippen molar-refractivity contribution in [1.29, 1.82) is 0 Å². The van der Waals surface area contributed by atoms with Gasteiger partial charge in [0.25, 0.3) is 0 Å². The topological polar surface area (TPSA) is 63.2 Å². The standard InChI is InChI=1S/C16H16FNO3S2/c1-23(20,21)15-8-4-13(5-9-15)18-16(19)10-11-22-14-6-2-12(17)3-7-14/h2-9H,10-11H2,1H3,(H,18,19). The van der Waals surface area contributed by atoms with Gasteiger partial charge in [0, 0.05) is 29.0 Å². The summed E-state index contributed by atoms with van der Waals surface area (Å²) in [7, 11) is -3.24. The molecule has 0 unspecified atom stereocenters. The zero-order valence-electron chi connectivity index (χ0n) is 12.5. The van der Waals surface area contributed by atoms with E-state index in [9.17, 15) is 17.6 Å². The number of hydrogen-bond donors (Lipinski definition) is 1. The van der Waals surface area contributed by atoms with Crippen molar-refractivity contribution in [3.8, 4) is 0 Å². The van der Waals surface area contributed by atoms with Crippen LogP contribution in [0.25, 0.3) is 0 Å². The van der Waals surface area contributed by atoms with Gasteiger partial charge in [0.1, 0.15) is 5.82 Å². The number of halogens is 1. The Kier molecular flexibility index (Phi) is 5.79. The Labute approximate surface area is 139 Å². The van der Waals surface area contributed by atoms with Gasteiger partial charge in [-0.15, -0.1) is 11.8 Å². The number of carbonyl (C=O) groups is 1. The van der Waals surface area contributed by atoms with Gasteiger partial charge in [-0.1, -0.05) is 0 Å². The smallest absolute Gasteiger partial charge is 0.225 e. The van der Waals surface area contributed by atoms with Gasteiger partial charge in [-0.05, 0) is 48.5 Å². The molecule has 0 atom stereocenters. The third-order valence-electron chi connectivity index (χ3n) is 2.98. The van der Waals surface area contributed by atoms with Gasteiger partial charge in [-0.2, -0.15) is 0 Å². The minimum Gasteiger partial charge on any atom is -0.326 e. The summed E-state index contributed by atoms with van der Waals surface area (Å²) < 4.78 is 35.5. The highest BCUT2D eigenvalue weighted by Gasteiger charge is 2.07. The van der Waals surface area contributed by atoms with Gasteiger partial charge in [-0.3, -0.25) is 4.79 Å². The van der Waals surface area contributed by atoms with Crippen LogP contribution in [0.5, 0.6) is 0 Å². The molecule has 4 nitrogen and oxygen atoms in total. The van der Waals surface area contributed by atoms with Crippen LogP contribution in [-0.2, 0) is 14.6 Å². The molecule has 1 amide bonds. The normalized spacial score (nSPS) is 11.2. The molecule has 1 N–H and O–H groups in total. The largest absolute Gasteiger partial charge is 0.326 e. The van der Waals surface area contributed by atoms with E-state index < -0.39 is 9.84 Å². The van der Waals surface area contributed by atoms with Crippen LogP contribution in [0.4, 0.5) is 10.1 Å². The molecule has 0 fully saturated rings. The second-order valence-electron chi connectivity index (χ2n) is 4.90. The average Bonchev–Trinajstić information content (AvgIpc) is 2.49. The summed E-state index contributed by atoms with van der Waals surface area (Å²) in [6.45, 7) is 0. The second-order valence-corrected chi connectivity index (χ2v) is 8.08. The first-order valence-electron chi connectivity index (χ1n) is 6.83. The van der Waals surface area contributed by atoms with E-state index in [0.29, 0.717) is 17.9 Å². The lowest BCUT2D eigenvalue weighted by Gasteiger charge is -2.06. The summed E-state index contributed by atoms with van der Waals surface area (Å²) in [6.07, 6.45) is 1.43. The molecule has 0 aliphatic carbocycles. The van der Waals surface area contributed by atoms with Crippen molar-refractivity contribution in [2.75, 3.05) is 17.3 Å². The molecule has 0 saturated carbocycles. The van der Waals surface area contributed by atoms with Crippen LogP contribution in [0.3, 0.4) is 0 Å². The maximum Gasteiger partial charge on any atom is 0.225 e. The lowest BCUT2D eigenvalue weighted by molar-refractivity contribution is -0.115. The molecular weight excluding hydrogens is 337 g/mol. The summed E-state index contributed by atoms with van der Waals surface area (Å²) in [5.74, 6) is 0.121. The molecule has 0 saturated heterocycles. The van der Waals surface area contributed by atoms with Crippen LogP contribution in [0, 0.1) is 5.82 Å². The Balaban J connectivity index is 1.81. The number of anilines is 1. The Bertz CT molecular complexity index is 772. The van der Waals surface area contributed by atoms with Gasteiger partial charge < -0.3 is 5.32 Å². The Hall–Kier alpha value is -1.86. The fraction of sp³-hybridized carbons (Fsp3) is 0.188. The highest BCUT2D eigenvalue weighted by Crippen LogP contribution is 2.19. The lowest BCUT2D eigenvalue weighted by atomic mass is 10.3. The van der Waals surface area contributed by atoms with E-state index in [2.05, 4.69) is 5.32 Å². The first-order chi connectivity index (χ1) is 10.8. The number of amides is 1. The number of benzene rings is 2. The molecule has 0 aliphatic heterocycles. The summed E-state index contributed by atoms with van der Waals surface area (Å²) in [5.41, 5.74) is 0.550. The number of nitrogens with one attached hydrogen (secondary N) is 1. The molecule has 0 aromatic heterocycles. The van der Waals surface area contributed by atoms with Gasteiger partial charge in [-0.25, -0.2) is 12.8 Å². The number of thioether (sulfide) groups is 1. The fourth-order valence-electron chi connectivity index (χ4n) is 1.80. The minimum absolute atomic E-state index is 0.160.